The van der Waals surface area contributed by atoms with Gasteiger partial charge in [-0.05, 0) is 49.1 Å². The van der Waals surface area contributed by atoms with Crippen LogP contribution in [0.4, 0.5) is 4.39 Å². The van der Waals surface area contributed by atoms with Crippen LogP contribution in [0.2, 0.25) is 0 Å². The highest BCUT2D eigenvalue weighted by molar-refractivity contribution is 5.30. The minimum Gasteiger partial charge on any atom is -0.379 e. The summed E-state index contributed by atoms with van der Waals surface area (Å²) in [4.78, 5) is 0. The molecular weight excluding hydrogens is 241 g/mol. The normalized spacial score (nSPS) is 14.7. The molecule has 0 fully saturated rings. The molecular formula is C16H26FNO. The summed E-state index contributed by atoms with van der Waals surface area (Å²) in [5, 5.41) is 3.49. The van der Waals surface area contributed by atoms with Crippen LogP contribution in [0.1, 0.15) is 44.4 Å². The van der Waals surface area contributed by atoms with E-state index in [4.69, 9.17) is 4.74 Å². The molecule has 0 bridgehead atoms. The molecule has 2 nitrogen and oxygen atoms in total. The zero-order chi connectivity index (χ0) is 14.4. The standard InChI is InChI=1S/C16H26FNO/c1-6-9-18-15(16(19-5)11(2)3)14-10-13(17)8-7-12(14)4/h7-8,10-11,15-16,18H,6,9H2,1-5H3. The van der Waals surface area contributed by atoms with Crippen molar-refractivity contribution in [3.05, 3.63) is 35.1 Å². The molecule has 1 N–H and O–H groups in total. The van der Waals surface area contributed by atoms with Gasteiger partial charge in [-0.3, -0.25) is 0 Å². The van der Waals surface area contributed by atoms with E-state index in [1.54, 1.807) is 13.2 Å². The Balaban J connectivity index is 3.10. The smallest absolute Gasteiger partial charge is 0.123 e. The van der Waals surface area contributed by atoms with Crippen LogP contribution in [0.3, 0.4) is 0 Å². The largest absolute Gasteiger partial charge is 0.379 e. The predicted octanol–water partition coefficient (Wildman–Crippen LogP) is 3.85. The van der Waals surface area contributed by atoms with E-state index in [9.17, 15) is 4.39 Å². The monoisotopic (exact) mass is 267 g/mol. The van der Waals surface area contributed by atoms with Gasteiger partial charge in [-0.1, -0.05) is 26.8 Å². The van der Waals surface area contributed by atoms with Crippen LogP contribution in [-0.4, -0.2) is 19.8 Å². The van der Waals surface area contributed by atoms with Gasteiger partial charge < -0.3 is 10.1 Å². The molecule has 0 aromatic heterocycles. The first kappa shape index (κ1) is 16.1. The minimum absolute atomic E-state index is 0.0284. The fourth-order valence-corrected chi connectivity index (χ4v) is 2.44. The summed E-state index contributed by atoms with van der Waals surface area (Å²) in [5.41, 5.74) is 2.09. The van der Waals surface area contributed by atoms with Gasteiger partial charge in [-0.15, -0.1) is 0 Å². The fraction of sp³-hybridized carbons (Fsp3) is 0.625. The first-order valence-corrected chi connectivity index (χ1v) is 7.03. The first-order chi connectivity index (χ1) is 9.01. The Labute approximate surface area is 116 Å². The highest BCUT2D eigenvalue weighted by Crippen LogP contribution is 2.27. The summed E-state index contributed by atoms with van der Waals surface area (Å²) >= 11 is 0. The quantitative estimate of drug-likeness (QED) is 0.810. The third kappa shape index (κ3) is 4.29. The summed E-state index contributed by atoms with van der Waals surface area (Å²) in [7, 11) is 1.72. The number of benzene rings is 1. The third-order valence-corrected chi connectivity index (χ3v) is 3.45. The lowest BCUT2D eigenvalue weighted by Gasteiger charge is -2.31. The van der Waals surface area contributed by atoms with Crippen LogP contribution < -0.4 is 5.32 Å². The van der Waals surface area contributed by atoms with Crippen molar-refractivity contribution in [2.24, 2.45) is 5.92 Å². The van der Waals surface area contributed by atoms with E-state index in [1.807, 2.05) is 13.0 Å². The topological polar surface area (TPSA) is 21.3 Å². The van der Waals surface area contributed by atoms with Gasteiger partial charge in [0.1, 0.15) is 5.82 Å². The average Bonchev–Trinajstić information content (AvgIpc) is 2.37. The van der Waals surface area contributed by atoms with E-state index >= 15 is 0 Å². The zero-order valence-corrected chi connectivity index (χ0v) is 12.7. The van der Waals surface area contributed by atoms with E-state index in [2.05, 4.69) is 26.1 Å². The molecule has 108 valence electrons. The Kier molecular flexibility index (Phi) is 6.46. The number of rotatable bonds is 7. The van der Waals surface area contributed by atoms with Gasteiger partial charge >= 0.3 is 0 Å². The Bertz CT molecular complexity index is 392. The molecule has 0 spiro atoms. The second-order valence-electron chi connectivity index (χ2n) is 5.38. The van der Waals surface area contributed by atoms with E-state index in [-0.39, 0.29) is 18.0 Å². The Morgan fingerprint density at radius 3 is 2.53 bits per heavy atom. The molecule has 0 heterocycles. The Morgan fingerprint density at radius 2 is 2.00 bits per heavy atom. The molecule has 1 aromatic carbocycles. The lowest BCUT2D eigenvalue weighted by Crippen LogP contribution is -2.37. The molecule has 0 amide bonds. The van der Waals surface area contributed by atoms with Crippen LogP contribution >= 0.6 is 0 Å². The Morgan fingerprint density at radius 1 is 1.32 bits per heavy atom. The SMILES string of the molecule is CCCNC(c1cc(F)ccc1C)C(OC)C(C)C. The number of methoxy groups -OCH3 is 1. The average molecular weight is 267 g/mol. The van der Waals surface area contributed by atoms with E-state index in [0.29, 0.717) is 5.92 Å². The van der Waals surface area contributed by atoms with Crippen molar-refractivity contribution in [1.29, 1.82) is 0 Å². The van der Waals surface area contributed by atoms with Crippen molar-refractivity contribution in [1.82, 2.24) is 5.32 Å². The van der Waals surface area contributed by atoms with Gasteiger partial charge in [-0.25, -0.2) is 4.39 Å². The molecule has 19 heavy (non-hydrogen) atoms. The molecule has 0 aliphatic carbocycles. The lowest BCUT2D eigenvalue weighted by molar-refractivity contribution is 0.0324. The van der Waals surface area contributed by atoms with Crippen LogP contribution in [0.5, 0.6) is 0 Å². The fourth-order valence-electron chi connectivity index (χ4n) is 2.44. The summed E-state index contributed by atoms with van der Waals surface area (Å²) in [5.74, 6) is 0.171. The second-order valence-corrected chi connectivity index (χ2v) is 5.38. The number of nitrogens with one attached hydrogen (secondary N) is 1. The van der Waals surface area contributed by atoms with Gasteiger partial charge in [0, 0.05) is 7.11 Å². The van der Waals surface area contributed by atoms with Crippen LogP contribution in [-0.2, 0) is 4.74 Å². The molecule has 0 saturated heterocycles. The highest BCUT2D eigenvalue weighted by Gasteiger charge is 2.26. The van der Waals surface area contributed by atoms with Gasteiger partial charge in [-0.2, -0.15) is 0 Å². The van der Waals surface area contributed by atoms with Crippen molar-refractivity contribution < 1.29 is 9.13 Å². The van der Waals surface area contributed by atoms with E-state index in [1.165, 1.54) is 6.07 Å². The number of halogens is 1. The Hall–Kier alpha value is -0.930. The zero-order valence-electron chi connectivity index (χ0n) is 12.7. The summed E-state index contributed by atoms with van der Waals surface area (Å²) < 4.78 is 19.2. The molecule has 0 aliphatic rings. The number of hydrogen-bond acceptors (Lipinski definition) is 2. The van der Waals surface area contributed by atoms with Gasteiger partial charge in [0.05, 0.1) is 12.1 Å². The van der Waals surface area contributed by atoms with Crippen molar-refractivity contribution in [3.63, 3.8) is 0 Å². The van der Waals surface area contributed by atoms with Gasteiger partial charge in [0.15, 0.2) is 0 Å². The van der Waals surface area contributed by atoms with Crippen LogP contribution in [0.15, 0.2) is 18.2 Å². The third-order valence-electron chi connectivity index (χ3n) is 3.45. The maximum atomic E-state index is 13.5. The molecule has 2 atom stereocenters. The van der Waals surface area contributed by atoms with E-state index < -0.39 is 0 Å². The molecule has 1 aromatic rings. The van der Waals surface area contributed by atoms with Crippen molar-refractivity contribution >= 4 is 0 Å². The summed E-state index contributed by atoms with van der Waals surface area (Å²) in [6.07, 6.45) is 1.08. The summed E-state index contributed by atoms with van der Waals surface area (Å²) in [6.45, 7) is 9.29. The van der Waals surface area contributed by atoms with Crippen LogP contribution in [0, 0.1) is 18.7 Å². The first-order valence-electron chi connectivity index (χ1n) is 7.03. The van der Waals surface area contributed by atoms with Crippen LogP contribution in [0.25, 0.3) is 0 Å². The molecule has 0 radical (unpaired) electrons. The van der Waals surface area contributed by atoms with Crippen molar-refractivity contribution in [2.45, 2.75) is 46.3 Å². The maximum absolute atomic E-state index is 13.5. The predicted molar refractivity (Wildman–Crippen MR) is 77.8 cm³/mol. The van der Waals surface area contributed by atoms with Crippen molar-refractivity contribution in [2.75, 3.05) is 13.7 Å². The summed E-state index contributed by atoms with van der Waals surface area (Å²) in [6, 6.07) is 4.99. The lowest BCUT2D eigenvalue weighted by atomic mass is 9.90. The minimum atomic E-state index is -0.192. The molecule has 3 heteroatoms. The second kappa shape index (κ2) is 7.61. The number of aryl methyl sites for hydroxylation is 1. The van der Waals surface area contributed by atoms with E-state index in [0.717, 1.165) is 24.1 Å². The molecule has 2 unspecified atom stereocenters. The van der Waals surface area contributed by atoms with Gasteiger partial charge in [0.25, 0.3) is 0 Å². The van der Waals surface area contributed by atoms with Gasteiger partial charge in [0.2, 0.25) is 0 Å². The maximum Gasteiger partial charge on any atom is 0.123 e. The number of ether oxygens (including phenoxy) is 1. The van der Waals surface area contributed by atoms with Crippen molar-refractivity contribution in [3.8, 4) is 0 Å². The molecule has 0 aliphatic heterocycles. The number of hydrogen-bond donors (Lipinski definition) is 1. The molecule has 0 saturated carbocycles. The molecule has 1 rings (SSSR count). The highest BCUT2D eigenvalue weighted by atomic mass is 19.1.